The van der Waals surface area contributed by atoms with Crippen LogP contribution in [0.5, 0.6) is 0 Å². The Balaban J connectivity index is 3.02. The van der Waals surface area contributed by atoms with E-state index < -0.39 is 11.9 Å². The molecule has 14 heavy (non-hydrogen) atoms. The highest BCUT2D eigenvalue weighted by Crippen LogP contribution is 2.27. The summed E-state index contributed by atoms with van der Waals surface area (Å²) in [6.07, 6.45) is -3.36. The van der Waals surface area contributed by atoms with Crippen LogP contribution >= 0.6 is 0 Å². The first-order valence-corrected chi connectivity index (χ1v) is 3.76. The summed E-state index contributed by atoms with van der Waals surface area (Å²) in [5.74, 6) is 4.97. The van der Waals surface area contributed by atoms with Crippen LogP contribution < -0.4 is 5.73 Å². The average Bonchev–Trinajstić information content (AvgIpc) is 2.14. The Bertz CT molecular complexity index is 374. The molecule has 2 nitrogen and oxygen atoms in total. The first kappa shape index (κ1) is 10.5. The SMILES string of the molecule is NCC#Cc1ccnc(C(F)(F)F)c1. The van der Waals surface area contributed by atoms with Crippen LogP contribution in [0.4, 0.5) is 13.2 Å². The molecule has 0 aromatic carbocycles. The highest BCUT2D eigenvalue weighted by molar-refractivity contribution is 5.35. The minimum atomic E-state index is -4.43. The van der Waals surface area contributed by atoms with E-state index in [-0.39, 0.29) is 12.1 Å². The number of rotatable bonds is 0. The summed E-state index contributed by atoms with van der Waals surface area (Å²) in [5, 5.41) is 0. The predicted octanol–water partition coefficient (Wildman–Crippen LogP) is 1.41. The normalized spacial score (nSPS) is 10.6. The van der Waals surface area contributed by atoms with Gasteiger partial charge in [-0.15, -0.1) is 0 Å². The molecule has 5 heteroatoms. The molecule has 0 saturated heterocycles. The Hall–Kier alpha value is -1.54. The minimum absolute atomic E-state index is 0.115. The van der Waals surface area contributed by atoms with E-state index in [1.807, 2.05) is 0 Å². The van der Waals surface area contributed by atoms with Crippen molar-refractivity contribution in [1.29, 1.82) is 0 Å². The summed E-state index contributed by atoms with van der Waals surface area (Å²) in [4.78, 5) is 3.19. The van der Waals surface area contributed by atoms with Crippen LogP contribution in [0.15, 0.2) is 18.3 Å². The third-order valence-electron chi connectivity index (χ3n) is 1.39. The zero-order valence-corrected chi connectivity index (χ0v) is 7.10. The topological polar surface area (TPSA) is 38.9 Å². The number of hydrogen-bond acceptors (Lipinski definition) is 2. The molecule has 74 valence electrons. The molecule has 0 fully saturated rings. The van der Waals surface area contributed by atoms with Crippen molar-refractivity contribution in [3.05, 3.63) is 29.6 Å². The van der Waals surface area contributed by atoms with E-state index in [9.17, 15) is 13.2 Å². The zero-order valence-electron chi connectivity index (χ0n) is 7.10. The fourth-order valence-electron chi connectivity index (χ4n) is 0.816. The van der Waals surface area contributed by atoms with Crippen molar-refractivity contribution in [3.8, 4) is 11.8 Å². The van der Waals surface area contributed by atoms with E-state index in [0.717, 1.165) is 12.3 Å². The summed E-state index contributed by atoms with van der Waals surface area (Å²) in [6, 6.07) is 2.29. The number of hydrogen-bond donors (Lipinski definition) is 1. The molecule has 0 aliphatic heterocycles. The Morgan fingerprint density at radius 3 is 2.71 bits per heavy atom. The van der Waals surface area contributed by atoms with E-state index in [4.69, 9.17) is 5.73 Å². The molecular weight excluding hydrogens is 193 g/mol. The van der Waals surface area contributed by atoms with Crippen LogP contribution in [-0.2, 0) is 6.18 Å². The fraction of sp³-hybridized carbons (Fsp3) is 0.222. The molecule has 0 amide bonds. The summed E-state index contributed by atoms with van der Waals surface area (Å²) >= 11 is 0. The second-order valence-corrected chi connectivity index (χ2v) is 2.43. The van der Waals surface area contributed by atoms with Gasteiger partial charge in [-0.25, -0.2) is 0 Å². The molecule has 0 spiro atoms. The summed E-state index contributed by atoms with van der Waals surface area (Å²) in [5.41, 5.74) is 4.41. The second kappa shape index (κ2) is 4.11. The lowest BCUT2D eigenvalue weighted by molar-refractivity contribution is -0.141. The van der Waals surface area contributed by atoms with E-state index in [1.165, 1.54) is 6.07 Å². The predicted molar refractivity (Wildman–Crippen MR) is 45.2 cm³/mol. The maximum atomic E-state index is 12.2. The molecule has 1 heterocycles. The van der Waals surface area contributed by atoms with Gasteiger partial charge in [0.15, 0.2) is 0 Å². The molecule has 0 radical (unpaired) electrons. The number of pyridine rings is 1. The molecule has 1 rings (SSSR count). The van der Waals surface area contributed by atoms with Gasteiger partial charge in [0.2, 0.25) is 0 Å². The van der Waals surface area contributed by atoms with Crippen molar-refractivity contribution in [1.82, 2.24) is 4.98 Å². The third-order valence-corrected chi connectivity index (χ3v) is 1.39. The average molecular weight is 200 g/mol. The van der Waals surface area contributed by atoms with Crippen molar-refractivity contribution >= 4 is 0 Å². The first-order valence-electron chi connectivity index (χ1n) is 3.76. The summed E-state index contributed by atoms with van der Waals surface area (Å²) in [6.45, 7) is 0.115. The van der Waals surface area contributed by atoms with Crippen LogP contribution in [0.3, 0.4) is 0 Å². The first-order chi connectivity index (χ1) is 6.54. The molecule has 0 bridgehead atoms. The summed E-state index contributed by atoms with van der Waals surface area (Å²) in [7, 11) is 0. The standard InChI is InChI=1S/C9H7F3N2/c10-9(11,12)8-6-7(2-1-4-13)3-5-14-8/h3,5-6H,4,13H2. The molecule has 2 N–H and O–H groups in total. The number of nitrogens with zero attached hydrogens (tertiary/aromatic N) is 1. The van der Waals surface area contributed by atoms with Crippen molar-refractivity contribution in [3.63, 3.8) is 0 Å². The number of aromatic nitrogens is 1. The number of alkyl halides is 3. The van der Waals surface area contributed by atoms with Gasteiger partial charge in [0.05, 0.1) is 6.54 Å². The van der Waals surface area contributed by atoms with Gasteiger partial charge in [0.1, 0.15) is 5.69 Å². The number of nitrogens with two attached hydrogens (primary N) is 1. The van der Waals surface area contributed by atoms with Crippen LogP contribution in [0, 0.1) is 11.8 Å². The van der Waals surface area contributed by atoms with Crippen molar-refractivity contribution in [2.24, 2.45) is 5.73 Å². The summed E-state index contributed by atoms with van der Waals surface area (Å²) < 4.78 is 36.5. The van der Waals surface area contributed by atoms with Crippen LogP contribution in [0.25, 0.3) is 0 Å². The van der Waals surface area contributed by atoms with Crippen molar-refractivity contribution < 1.29 is 13.2 Å². The quantitative estimate of drug-likeness (QED) is 0.643. The lowest BCUT2D eigenvalue weighted by Gasteiger charge is -2.04. The Labute approximate surface area is 78.9 Å². The van der Waals surface area contributed by atoms with Gasteiger partial charge in [-0.3, -0.25) is 4.98 Å². The highest BCUT2D eigenvalue weighted by Gasteiger charge is 2.32. The molecule has 0 unspecified atom stereocenters. The third kappa shape index (κ3) is 2.75. The van der Waals surface area contributed by atoms with Gasteiger partial charge >= 0.3 is 6.18 Å². The van der Waals surface area contributed by atoms with Crippen LogP contribution in [0.2, 0.25) is 0 Å². The van der Waals surface area contributed by atoms with Crippen molar-refractivity contribution in [2.45, 2.75) is 6.18 Å². The molecule has 0 aliphatic carbocycles. The highest BCUT2D eigenvalue weighted by atomic mass is 19.4. The molecule has 0 aliphatic rings. The maximum absolute atomic E-state index is 12.2. The van der Waals surface area contributed by atoms with Gasteiger partial charge in [-0.1, -0.05) is 11.8 Å². The Kier molecular flexibility index (Phi) is 3.10. The smallest absolute Gasteiger partial charge is 0.320 e. The molecule has 1 aromatic heterocycles. The van der Waals surface area contributed by atoms with E-state index in [1.54, 1.807) is 0 Å². The Morgan fingerprint density at radius 2 is 2.14 bits per heavy atom. The van der Waals surface area contributed by atoms with Gasteiger partial charge in [-0.05, 0) is 12.1 Å². The van der Waals surface area contributed by atoms with Crippen LogP contribution in [-0.4, -0.2) is 11.5 Å². The minimum Gasteiger partial charge on any atom is -0.320 e. The van der Waals surface area contributed by atoms with Gasteiger partial charge in [-0.2, -0.15) is 13.2 Å². The largest absolute Gasteiger partial charge is 0.433 e. The zero-order chi connectivity index (χ0) is 10.6. The van der Waals surface area contributed by atoms with Gasteiger partial charge < -0.3 is 5.73 Å². The fourth-order valence-corrected chi connectivity index (χ4v) is 0.816. The van der Waals surface area contributed by atoms with E-state index in [0.29, 0.717) is 0 Å². The Morgan fingerprint density at radius 1 is 1.43 bits per heavy atom. The monoisotopic (exact) mass is 200 g/mol. The molecular formula is C9H7F3N2. The van der Waals surface area contributed by atoms with E-state index in [2.05, 4.69) is 16.8 Å². The van der Waals surface area contributed by atoms with E-state index >= 15 is 0 Å². The maximum Gasteiger partial charge on any atom is 0.433 e. The number of halogens is 3. The molecule has 0 atom stereocenters. The van der Waals surface area contributed by atoms with Crippen LogP contribution in [0.1, 0.15) is 11.3 Å². The lowest BCUT2D eigenvalue weighted by Crippen LogP contribution is -2.07. The second-order valence-electron chi connectivity index (χ2n) is 2.43. The van der Waals surface area contributed by atoms with Gasteiger partial charge in [0, 0.05) is 11.8 Å². The van der Waals surface area contributed by atoms with Gasteiger partial charge in [0.25, 0.3) is 0 Å². The lowest BCUT2D eigenvalue weighted by atomic mass is 10.2. The van der Waals surface area contributed by atoms with Crippen molar-refractivity contribution in [2.75, 3.05) is 6.54 Å². The molecule has 1 aromatic rings. The molecule has 0 saturated carbocycles.